The number of imidazole rings is 1. The van der Waals surface area contributed by atoms with Crippen molar-refractivity contribution in [2.45, 2.75) is 52.1 Å². The van der Waals surface area contributed by atoms with Gasteiger partial charge in [0.25, 0.3) is 0 Å². The number of aromatic nitrogens is 6. The lowest BCUT2D eigenvalue weighted by Crippen LogP contribution is -2.07. The van der Waals surface area contributed by atoms with Gasteiger partial charge >= 0.3 is 0 Å². The van der Waals surface area contributed by atoms with Crippen molar-refractivity contribution in [2.75, 3.05) is 5.32 Å². The molecule has 1 fully saturated rings. The molecular formula is C24H26FN7. The maximum absolute atomic E-state index is 14.7. The summed E-state index contributed by atoms with van der Waals surface area (Å²) in [5, 5.41) is 11.5. The zero-order valence-corrected chi connectivity index (χ0v) is 18.5. The molecule has 3 heterocycles. The third-order valence-corrected chi connectivity index (χ3v) is 5.81. The molecule has 1 N–H and O–H groups in total. The van der Waals surface area contributed by atoms with Crippen molar-refractivity contribution in [1.29, 1.82) is 0 Å². The quantitative estimate of drug-likeness (QED) is 0.444. The van der Waals surface area contributed by atoms with Crippen molar-refractivity contribution in [1.82, 2.24) is 29.3 Å². The number of hydrogen-bond acceptors (Lipinski definition) is 5. The third-order valence-electron chi connectivity index (χ3n) is 5.81. The summed E-state index contributed by atoms with van der Waals surface area (Å²) in [5.41, 5.74) is 4.22. The Kier molecular flexibility index (Phi) is 5.20. The van der Waals surface area contributed by atoms with E-state index < -0.39 is 0 Å². The van der Waals surface area contributed by atoms with Crippen molar-refractivity contribution in [2.24, 2.45) is 0 Å². The van der Waals surface area contributed by atoms with E-state index in [0.29, 0.717) is 29.7 Å². The summed E-state index contributed by atoms with van der Waals surface area (Å²) in [6.07, 6.45) is 7.99. The largest absolute Gasteiger partial charge is 0.366 e. The van der Waals surface area contributed by atoms with Crippen molar-refractivity contribution in [3.05, 3.63) is 71.8 Å². The van der Waals surface area contributed by atoms with Crippen LogP contribution in [0.2, 0.25) is 0 Å². The number of rotatable bonds is 7. The second kappa shape index (κ2) is 8.18. The summed E-state index contributed by atoms with van der Waals surface area (Å²) in [6.45, 7) is 6.38. The van der Waals surface area contributed by atoms with Gasteiger partial charge in [-0.25, -0.2) is 14.4 Å². The van der Waals surface area contributed by atoms with Crippen LogP contribution in [-0.4, -0.2) is 29.3 Å². The Morgan fingerprint density at radius 1 is 1.19 bits per heavy atom. The van der Waals surface area contributed by atoms with Crippen molar-refractivity contribution < 1.29 is 4.39 Å². The Labute approximate surface area is 186 Å². The molecule has 1 aliphatic carbocycles. The van der Waals surface area contributed by atoms with Crippen LogP contribution in [0.15, 0.2) is 49.2 Å². The number of pyridine rings is 1. The normalized spacial score (nSPS) is 13.7. The Morgan fingerprint density at radius 3 is 2.81 bits per heavy atom. The van der Waals surface area contributed by atoms with Crippen molar-refractivity contribution >= 4 is 5.82 Å². The minimum Gasteiger partial charge on any atom is -0.366 e. The SMILES string of the molecule is Cc1cc(F)c(CNc2cccc(-c3nncn3C(C)C)n2)cc1-n1cnc(C2CC2)c1. The number of hydrogen-bond donors (Lipinski definition) is 1. The van der Waals surface area contributed by atoms with E-state index in [1.807, 2.05) is 46.7 Å². The molecule has 1 aliphatic rings. The van der Waals surface area contributed by atoms with Gasteiger partial charge in [0.1, 0.15) is 23.7 Å². The van der Waals surface area contributed by atoms with Crippen LogP contribution in [0.5, 0.6) is 0 Å². The molecule has 0 amide bonds. The predicted molar refractivity (Wildman–Crippen MR) is 121 cm³/mol. The number of aryl methyl sites for hydroxylation is 1. The lowest BCUT2D eigenvalue weighted by atomic mass is 10.1. The van der Waals surface area contributed by atoms with Crippen LogP contribution in [0.4, 0.5) is 10.2 Å². The molecule has 0 unspecified atom stereocenters. The fourth-order valence-electron chi connectivity index (χ4n) is 3.83. The van der Waals surface area contributed by atoms with Crippen LogP contribution in [0, 0.1) is 12.7 Å². The van der Waals surface area contributed by atoms with E-state index in [-0.39, 0.29) is 11.9 Å². The van der Waals surface area contributed by atoms with Crippen LogP contribution in [-0.2, 0) is 6.54 Å². The number of halogens is 1. The Bertz CT molecular complexity index is 1250. The summed E-state index contributed by atoms with van der Waals surface area (Å²) in [4.78, 5) is 9.18. The monoisotopic (exact) mass is 431 g/mol. The summed E-state index contributed by atoms with van der Waals surface area (Å²) in [7, 11) is 0. The molecule has 0 spiro atoms. The summed E-state index contributed by atoms with van der Waals surface area (Å²) >= 11 is 0. The summed E-state index contributed by atoms with van der Waals surface area (Å²) in [6, 6.07) is 9.36. The highest BCUT2D eigenvalue weighted by Crippen LogP contribution is 2.39. The second-order valence-electron chi connectivity index (χ2n) is 8.63. The Balaban J connectivity index is 1.37. The average Bonchev–Trinajstić information content (AvgIpc) is 3.30. The van der Waals surface area contributed by atoms with Crippen LogP contribution >= 0.6 is 0 Å². The van der Waals surface area contributed by atoms with Crippen LogP contribution in [0.3, 0.4) is 0 Å². The van der Waals surface area contributed by atoms with Gasteiger partial charge in [-0.15, -0.1) is 10.2 Å². The standard InChI is InChI=1S/C24H26FN7/c1-15(2)32-14-28-30-24(32)20-5-4-6-23(29-20)26-11-18-10-22(16(3)9-19(18)25)31-12-21(27-13-31)17-7-8-17/h4-6,9-10,12-15,17H,7-8,11H2,1-3H3,(H,26,29). The number of anilines is 1. The summed E-state index contributed by atoms with van der Waals surface area (Å²) < 4.78 is 18.7. The third kappa shape index (κ3) is 4.00. The van der Waals surface area contributed by atoms with Gasteiger partial charge in [0.15, 0.2) is 5.82 Å². The molecule has 0 aliphatic heterocycles. The molecule has 4 aromatic rings. The molecule has 0 atom stereocenters. The molecule has 0 saturated heterocycles. The summed E-state index contributed by atoms with van der Waals surface area (Å²) in [5.74, 6) is 1.70. The molecule has 0 bridgehead atoms. The van der Waals surface area contributed by atoms with Gasteiger partial charge in [0.2, 0.25) is 0 Å². The molecule has 1 saturated carbocycles. The molecule has 1 aromatic carbocycles. The van der Waals surface area contributed by atoms with Gasteiger partial charge in [-0.1, -0.05) is 6.07 Å². The van der Waals surface area contributed by atoms with E-state index in [1.54, 1.807) is 12.4 Å². The highest BCUT2D eigenvalue weighted by atomic mass is 19.1. The number of benzene rings is 1. The van der Waals surface area contributed by atoms with Gasteiger partial charge in [-0.2, -0.15) is 0 Å². The van der Waals surface area contributed by atoms with E-state index in [4.69, 9.17) is 0 Å². The Morgan fingerprint density at radius 2 is 2.03 bits per heavy atom. The van der Waals surface area contributed by atoms with Gasteiger partial charge in [-0.3, -0.25) is 0 Å². The molecule has 3 aromatic heterocycles. The van der Waals surface area contributed by atoms with Gasteiger partial charge in [-0.05, 0) is 63.4 Å². The van der Waals surface area contributed by atoms with Crippen LogP contribution in [0.25, 0.3) is 17.2 Å². The molecular weight excluding hydrogens is 405 g/mol. The number of nitrogens with one attached hydrogen (secondary N) is 1. The maximum atomic E-state index is 14.7. The van der Waals surface area contributed by atoms with E-state index in [1.165, 1.54) is 12.8 Å². The topological polar surface area (TPSA) is 73.5 Å². The Hall–Kier alpha value is -3.55. The minimum atomic E-state index is -0.239. The lowest BCUT2D eigenvalue weighted by molar-refractivity contribution is 0.603. The first-order valence-electron chi connectivity index (χ1n) is 10.9. The molecule has 8 heteroatoms. The van der Waals surface area contributed by atoms with E-state index in [0.717, 1.165) is 22.6 Å². The molecule has 0 radical (unpaired) electrons. The minimum absolute atomic E-state index is 0.224. The second-order valence-corrected chi connectivity index (χ2v) is 8.63. The fourth-order valence-corrected chi connectivity index (χ4v) is 3.83. The maximum Gasteiger partial charge on any atom is 0.182 e. The van der Waals surface area contributed by atoms with Crippen molar-refractivity contribution in [3.63, 3.8) is 0 Å². The van der Waals surface area contributed by atoms with Gasteiger partial charge < -0.3 is 14.5 Å². The highest BCUT2D eigenvalue weighted by molar-refractivity contribution is 5.54. The van der Waals surface area contributed by atoms with Gasteiger partial charge in [0.05, 0.1) is 12.0 Å². The molecule has 7 nitrogen and oxygen atoms in total. The zero-order chi connectivity index (χ0) is 22.2. The highest BCUT2D eigenvalue weighted by Gasteiger charge is 2.26. The smallest absolute Gasteiger partial charge is 0.182 e. The van der Waals surface area contributed by atoms with E-state index in [9.17, 15) is 4.39 Å². The predicted octanol–water partition coefficient (Wildman–Crippen LogP) is 5.04. The molecule has 32 heavy (non-hydrogen) atoms. The van der Waals surface area contributed by atoms with Crippen LogP contribution < -0.4 is 5.32 Å². The lowest BCUT2D eigenvalue weighted by Gasteiger charge is -2.13. The van der Waals surface area contributed by atoms with E-state index >= 15 is 0 Å². The van der Waals surface area contributed by atoms with E-state index in [2.05, 4.69) is 45.5 Å². The first-order chi connectivity index (χ1) is 15.5. The molecule has 164 valence electrons. The zero-order valence-electron chi connectivity index (χ0n) is 18.5. The van der Waals surface area contributed by atoms with Gasteiger partial charge in [0, 0.05) is 36.0 Å². The van der Waals surface area contributed by atoms with Crippen LogP contribution in [0.1, 0.15) is 55.5 Å². The molecule has 5 rings (SSSR count). The first-order valence-corrected chi connectivity index (χ1v) is 10.9. The first kappa shape index (κ1) is 20.4. The average molecular weight is 432 g/mol. The van der Waals surface area contributed by atoms with Crippen molar-refractivity contribution in [3.8, 4) is 17.2 Å². The fraction of sp³-hybridized carbons (Fsp3) is 0.333. The number of nitrogens with zero attached hydrogens (tertiary/aromatic N) is 6.